The molecule has 4 rings (SSSR count). The van der Waals surface area contributed by atoms with Crippen LogP contribution in [-0.2, 0) is 11.3 Å². The number of ether oxygens (including phenoxy) is 2. The van der Waals surface area contributed by atoms with Crippen LogP contribution in [0.5, 0.6) is 5.75 Å². The van der Waals surface area contributed by atoms with Crippen LogP contribution in [-0.4, -0.2) is 29.8 Å². The zero-order valence-electron chi connectivity index (χ0n) is 15.0. The largest absolute Gasteiger partial charge is 0.462 e. The Kier molecular flexibility index (Phi) is 4.40. The number of likely N-dealkylation sites (tertiary alicyclic amines) is 1. The van der Waals surface area contributed by atoms with Crippen molar-refractivity contribution in [2.24, 2.45) is 0 Å². The number of hydrogen-bond donors (Lipinski definition) is 0. The summed E-state index contributed by atoms with van der Waals surface area (Å²) in [4.78, 5) is 2.64. The molecular formula is C21H29NO2. The van der Waals surface area contributed by atoms with Gasteiger partial charge in [-0.15, -0.1) is 0 Å². The van der Waals surface area contributed by atoms with Gasteiger partial charge in [0.05, 0.1) is 6.61 Å². The number of benzene rings is 1. The third-order valence-corrected chi connectivity index (χ3v) is 6.10. The van der Waals surface area contributed by atoms with Crippen molar-refractivity contribution >= 4 is 5.57 Å². The third kappa shape index (κ3) is 2.89. The molecule has 1 aliphatic carbocycles. The van der Waals surface area contributed by atoms with Crippen LogP contribution in [0, 0.1) is 0 Å². The molecule has 0 bridgehead atoms. The molecule has 3 heteroatoms. The predicted octanol–water partition coefficient (Wildman–Crippen LogP) is 4.75. The molecule has 0 aromatic heterocycles. The van der Waals surface area contributed by atoms with Gasteiger partial charge in [0.1, 0.15) is 5.75 Å². The predicted molar refractivity (Wildman–Crippen MR) is 97.0 cm³/mol. The molecule has 1 spiro atoms. The highest BCUT2D eigenvalue weighted by atomic mass is 16.7. The van der Waals surface area contributed by atoms with Gasteiger partial charge in [0.25, 0.3) is 0 Å². The average Bonchev–Trinajstić information content (AvgIpc) is 2.57. The van der Waals surface area contributed by atoms with Crippen LogP contribution in [0.3, 0.4) is 0 Å². The Hall–Kier alpha value is -1.32. The van der Waals surface area contributed by atoms with E-state index in [1.807, 2.05) is 0 Å². The Morgan fingerprint density at radius 2 is 2.08 bits per heavy atom. The first-order valence-electron chi connectivity index (χ1n) is 9.58. The zero-order valence-corrected chi connectivity index (χ0v) is 15.0. The molecule has 0 atom stereocenters. The van der Waals surface area contributed by atoms with Crippen molar-refractivity contribution in [3.63, 3.8) is 0 Å². The highest BCUT2D eigenvalue weighted by Crippen LogP contribution is 2.40. The standard InChI is InChI=1S/C21H29NO2/c1-3-16(4-2)17-8-9-20-18(14-17)15-23-21(24-20)10-12-22(13-11-21)19-6-5-7-19/h3,8-9,14,19H,4-7,10-13,15H2,1-2H3. The Bertz CT molecular complexity index is 625. The van der Waals surface area contributed by atoms with E-state index in [9.17, 15) is 0 Å². The second-order valence-corrected chi connectivity index (χ2v) is 7.41. The molecule has 24 heavy (non-hydrogen) atoms. The molecular weight excluding hydrogens is 298 g/mol. The van der Waals surface area contributed by atoms with Crippen LogP contribution < -0.4 is 4.74 Å². The molecule has 0 N–H and O–H groups in total. The van der Waals surface area contributed by atoms with Crippen LogP contribution >= 0.6 is 0 Å². The van der Waals surface area contributed by atoms with E-state index in [1.54, 1.807) is 0 Å². The lowest BCUT2D eigenvalue weighted by atomic mass is 9.89. The van der Waals surface area contributed by atoms with E-state index < -0.39 is 0 Å². The summed E-state index contributed by atoms with van der Waals surface area (Å²) < 4.78 is 12.6. The second kappa shape index (κ2) is 6.53. The van der Waals surface area contributed by atoms with E-state index in [2.05, 4.69) is 43.0 Å². The number of nitrogens with zero attached hydrogens (tertiary/aromatic N) is 1. The number of hydrogen-bond acceptors (Lipinski definition) is 3. The molecule has 1 saturated heterocycles. The van der Waals surface area contributed by atoms with Gasteiger partial charge in [-0.05, 0) is 49.5 Å². The van der Waals surface area contributed by atoms with Crippen molar-refractivity contribution in [2.45, 2.75) is 70.8 Å². The van der Waals surface area contributed by atoms with E-state index in [1.165, 1.54) is 36.0 Å². The van der Waals surface area contributed by atoms with E-state index in [0.717, 1.165) is 44.1 Å². The van der Waals surface area contributed by atoms with Crippen molar-refractivity contribution in [2.75, 3.05) is 13.1 Å². The van der Waals surface area contributed by atoms with Crippen LogP contribution in [0.15, 0.2) is 24.3 Å². The first-order chi connectivity index (χ1) is 11.7. The van der Waals surface area contributed by atoms with Crippen LogP contribution in [0.25, 0.3) is 5.57 Å². The van der Waals surface area contributed by atoms with E-state index in [0.29, 0.717) is 6.61 Å². The maximum Gasteiger partial charge on any atom is 0.213 e. The Morgan fingerprint density at radius 1 is 1.29 bits per heavy atom. The molecule has 1 saturated carbocycles. The smallest absolute Gasteiger partial charge is 0.213 e. The maximum atomic E-state index is 6.37. The minimum absolute atomic E-state index is 0.386. The summed E-state index contributed by atoms with van der Waals surface area (Å²) in [6, 6.07) is 7.41. The van der Waals surface area contributed by atoms with Gasteiger partial charge in [-0.25, -0.2) is 0 Å². The fourth-order valence-electron chi connectivity index (χ4n) is 4.23. The van der Waals surface area contributed by atoms with Crippen LogP contribution in [0.4, 0.5) is 0 Å². The number of piperidine rings is 1. The van der Waals surface area contributed by atoms with Crippen LogP contribution in [0.2, 0.25) is 0 Å². The monoisotopic (exact) mass is 327 g/mol. The average molecular weight is 327 g/mol. The highest BCUT2D eigenvalue weighted by Gasteiger charge is 2.42. The lowest BCUT2D eigenvalue weighted by Gasteiger charge is -2.47. The SMILES string of the molecule is CC=C(CC)c1ccc2c(c1)COC1(CCN(C3CCC3)CC1)O2. The highest BCUT2D eigenvalue weighted by molar-refractivity contribution is 5.66. The summed E-state index contributed by atoms with van der Waals surface area (Å²) in [5, 5.41) is 0. The van der Waals surface area contributed by atoms with Gasteiger partial charge in [-0.3, -0.25) is 4.90 Å². The summed E-state index contributed by atoms with van der Waals surface area (Å²) in [6.07, 6.45) is 9.39. The summed E-state index contributed by atoms with van der Waals surface area (Å²) in [5.74, 6) is 0.636. The van der Waals surface area contributed by atoms with Gasteiger partial charge in [-0.2, -0.15) is 0 Å². The normalized spacial score (nSPS) is 24.3. The molecule has 0 amide bonds. The maximum absolute atomic E-state index is 6.37. The van der Waals surface area contributed by atoms with Crippen LogP contribution in [0.1, 0.15) is 63.5 Å². The Morgan fingerprint density at radius 3 is 2.71 bits per heavy atom. The summed E-state index contributed by atoms with van der Waals surface area (Å²) >= 11 is 0. The third-order valence-electron chi connectivity index (χ3n) is 6.10. The van der Waals surface area contributed by atoms with Crippen molar-refractivity contribution in [3.05, 3.63) is 35.4 Å². The van der Waals surface area contributed by atoms with Gasteiger partial charge >= 0.3 is 0 Å². The molecule has 130 valence electrons. The van der Waals surface area contributed by atoms with Gasteiger partial charge in [-0.1, -0.05) is 25.5 Å². The Balaban J connectivity index is 1.46. The van der Waals surface area contributed by atoms with Gasteiger partial charge in [0.2, 0.25) is 5.79 Å². The van der Waals surface area contributed by atoms with E-state index >= 15 is 0 Å². The quantitative estimate of drug-likeness (QED) is 0.799. The van der Waals surface area contributed by atoms with Crippen molar-refractivity contribution in [1.82, 2.24) is 4.90 Å². The molecule has 3 aliphatic rings. The topological polar surface area (TPSA) is 21.7 Å². The minimum atomic E-state index is -0.386. The lowest BCUT2D eigenvalue weighted by molar-refractivity contribution is -0.231. The van der Waals surface area contributed by atoms with Gasteiger partial charge in [0, 0.05) is 37.5 Å². The second-order valence-electron chi connectivity index (χ2n) is 7.41. The fraction of sp³-hybridized carbons (Fsp3) is 0.619. The summed E-state index contributed by atoms with van der Waals surface area (Å²) in [7, 11) is 0. The molecule has 0 unspecified atom stereocenters. The summed E-state index contributed by atoms with van der Waals surface area (Å²) in [6.45, 7) is 7.20. The number of rotatable bonds is 3. The molecule has 2 aliphatic heterocycles. The lowest BCUT2D eigenvalue weighted by Crippen LogP contribution is -2.54. The van der Waals surface area contributed by atoms with Gasteiger partial charge < -0.3 is 9.47 Å². The van der Waals surface area contributed by atoms with E-state index in [-0.39, 0.29) is 5.79 Å². The number of fused-ring (bicyclic) bond motifs is 1. The fourth-order valence-corrected chi connectivity index (χ4v) is 4.23. The Labute approximate surface area is 145 Å². The van der Waals surface area contributed by atoms with Crippen molar-refractivity contribution in [1.29, 1.82) is 0 Å². The zero-order chi connectivity index (χ0) is 16.6. The molecule has 2 heterocycles. The van der Waals surface area contributed by atoms with Crippen molar-refractivity contribution in [3.8, 4) is 5.75 Å². The molecule has 1 aromatic carbocycles. The molecule has 3 nitrogen and oxygen atoms in total. The first-order valence-corrected chi connectivity index (χ1v) is 9.58. The first kappa shape index (κ1) is 16.2. The summed E-state index contributed by atoms with van der Waals surface area (Å²) in [5.41, 5.74) is 3.86. The van der Waals surface area contributed by atoms with Gasteiger partial charge in [0.15, 0.2) is 0 Å². The minimum Gasteiger partial charge on any atom is -0.462 e. The van der Waals surface area contributed by atoms with E-state index in [4.69, 9.17) is 9.47 Å². The van der Waals surface area contributed by atoms with Crippen molar-refractivity contribution < 1.29 is 9.47 Å². The molecule has 2 fully saturated rings. The molecule has 1 aromatic rings. The molecule has 0 radical (unpaired) electrons. The number of allylic oxidation sites excluding steroid dienone is 2.